The number of sulfonamides is 1. The predicted octanol–water partition coefficient (Wildman–Crippen LogP) is 2.42. The number of para-hydroxylation sites is 1. The lowest BCUT2D eigenvalue weighted by Crippen LogP contribution is -2.50. The predicted molar refractivity (Wildman–Crippen MR) is 113 cm³/mol. The minimum atomic E-state index is -3.25. The molecule has 1 aromatic carbocycles. The molecule has 154 valence electrons. The molecule has 0 aromatic heterocycles. The molecule has 7 heteroatoms. The van der Waals surface area contributed by atoms with Gasteiger partial charge in [0.15, 0.2) is 0 Å². The molecule has 4 aliphatic rings. The van der Waals surface area contributed by atoms with Crippen LogP contribution in [-0.2, 0) is 14.8 Å². The quantitative estimate of drug-likeness (QED) is 0.768. The van der Waals surface area contributed by atoms with Crippen LogP contribution in [0, 0.1) is 11.8 Å². The Hall–Kier alpha value is -1.05. The Kier molecular flexibility index (Phi) is 5.78. The standard InChI is InChI=1S/C21H32BNO4S/c1-28(24,25)23-19-7-4-5-16-13-26-20-8-3-2-6-17(20)15-9-11-21(22,12-10-15)27-14-18(16)19/h2-3,6,8,15-16,18-19,23H,4-5,7,9-14,22H2,1H3/t15-,16?,18-,19+,21+/m1/s1. The second kappa shape index (κ2) is 8.00. The summed E-state index contributed by atoms with van der Waals surface area (Å²) in [6.07, 6.45) is 8.47. The van der Waals surface area contributed by atoms with Crippen LogP contribution in [-0.4, -0.2) is 47.3 Å². The van der Waals surface area contributed by atoms with E-state index in [1.54, 1.807) is 0 Å². The third-order valence-electron chi connectivity index (χ3n) is 7.06. The van der Waals surface area contributed by atoms with E-state index in [9.17, 15) is 8.42 Å². The Bertz CT molecular complexity index is 791. The van der Waals surface area contributed by atoms with Crippen molar-refractivity contribution in [3.05, 3.63) is 29.8 Å². The number of hydrogen-bond donors (Lipinski definition) is 1. The second-order valence-electron chi connectivity index (χ2n) is 9.24. The van der Waals surface area contributed by atoms with Crippen LogP contribution in [0.1, 0.15) is 56.4 Å². The van der Waals surface area contributed by atoms with Gasteiger partial charge in [-0.05, 0) is 62.0 Å². The first kappa shape index (κ1) is 20.2. The smallest absolute Gasteiger partial charge is 0.208 e. The molecular weight excluding hydrogens is 373 g/mol. The molecule has 2 saturated carbocycles. The highest BCUT2D eigenvalue weighted by Gasteiger charge is 2.39. The van der Waals surface area contributed by atoms with Gasteiger partial charge in [0.25, 0.3) is 0 Å². The summed E-state index contributed by atoms with van der Waals surface area (Å²) in [4.78, 5) is 0. The molecule has 28 heavy (non-hydrogen) atoms. The molecule has 0 spiro atoms. The van der Waals surface area contributed by atoms with Crippen LogP contribution in [0.25, 0.3) is 0 Å². The van der Waals surface area contributed by atoms with Gasteiger partial charge in [-0.25, -0.2) is 13.1 Å². The van der Waals surface area contributed by atoms with Crippen molar-refractivity contribution in [3.63, 3.8) is 0 Å². The van der Waals surface area contributed by atoms with Crippen LogP contribution in [0.4, 0.5) is 0 Å². The first-order chi connectivity index (χ1) is 13.3. The fraction of sp³-hybridized carbons (Fsp3) is 0.714. The number of nitrogens with one attached hydrogen (secondary N) is 1. The molecule has 2 aliphatic heterocycles. The Balaban J connectivity index is 1.63. The van der Waals surface area contributed by atoms with E-state index in [-0.39, 0.29) is 17.5 Å². The van der Waals surface area contributed by atoms with Gasteiger partial charge >= 0.3 is 0 Å². The lowest BCUT2D eigenvalue weighted by Gasteiger charge is -2.43. The van der Waals surface area contributed by atoms with Crippen LogP contribution < -0.4 is 9.46 Å². The summed E-state index contributed by atoms with van der Waals surface area (Å²) < 4.78 is 39.6. The summed E-state index contributed by atoms with van der Waals surface area (Å²) in [6, 6.07) is 8.38. The normalized spacial score (nSPS) is 36.3. The molecule has 1 N–H and O–H groups in total. The minimum Gasteiger partial charge on any atom is -0.493 e. The monoisotopic (exact) mass is 405 g/mol. The van der Waals surface area contributed by atoms with Gasteiger partial charge in [-0.3, -0.25) is 0 Å². The van der Waals surface area contributed by atoms with Crippen molar-refractivity contribution in [1.82, 2.24) is 4.72 Å². The molecular formula is C21H32BNO4S. The molecule has 1 aromatic rings. The number of fused-ring (bicyclic) bond motifs is 4. The largest absolute Gasteiger partial charge is 0.493 e. The molecule has 1 unspecified atom stereocenters. The molecule has 5 rings (SSSR count). The van der Waals surface area contributed by atoms with Gasteiger partial charge in [-0.1, -0.05) is 24.6 Å². The number of benzene rings is 1. The highest BCUT2D eigenvalue weighted by atomic mass is 32.2. The molecule has 2 fully saturated rings. The fourth-order valence-electron chi connectivity index (χ4n) is 5.36. The maximum atomic E-state index is 11.9. The van der Waals surface area contributed by atoms with Crippen molar-refractivity contribution >= 4 is 17.9 Å². The van der Waals surface area contributed by atoms with Gasteiger partial charge in [0.05, 0.1) is 19.5 Å². The Morgan fingerprint density at radius 3 is 2.61 bits per heavy atom. The molecule has 0 amide bonds. The Morgan fingerprint density at radius 1 is 1.11 bits per heavy atom. The number of rotatable bonds is 2. The summed E-state index contributed by atoms with van der Waals surface area (Å²) in [7, 11) is -1.02. The molecule has 3 atom stereocenters. The molecule has 2 aliphatic carbocycles. The third kappa shape index (κ3) is 4.57. The number of hydrogen-bond acceptors (Lipinski definition) is 4. The second-order valence-corrected chi connectivity index (χ2v) is 11.0. The lowest BCUT2D eigenvalue weighted by atomic mass is 9.66. The molecule has 5 nitrogen and oxygen atoms in total. The van der Waals surface area contributed by atoms with Gasteiger partial charge in [-0.15, -0.1) is 0 Å². The Morgan fingerprint density at radius 2 is 1.86 bits per heavy atom. The molecule has 0 saturated heterocycles. The topological polar surface area (TPSA) is 64.6 Å². The van der Waals surface area contributed by atoms with Crippen molar-refractivity contribution in [2.75, 3.05) is 19.5 Å². The minimum absolute atomic E-state index is 0.0736. The highest BCUT2D eigenvalue weighted by Crippen LogP contribution is 2.43. The average molecular weight is 405 g/mol. The zero-order valence-electron chi connectivity index (χ0n) is 17.0. The van der Waals surface area contributed by atoms with E-state index in [1.807, 2.05) is 6.07 Å². The van der Waals surface area contributed by atoms with Gasteiger partial charge in [0.1, 0.15) is 13.6 Å². The van der Waals surface area contributed by atoms with Crippen LogP contribution >= 0.6 is 0 Å². The first-order valence-electron chi connectivity index (χ1n) is 10.7. The summed E-state index contributed by atoms with van der Waals surface area (Å²) >= 11 is 0. The maximum Gasteiger partial charge on any atom is 0.208 e. The van der Waals surface area contributed by atoms with E-state index in [4.69, 9.17) is 9.47 Å². The Labute approximate surface area is 170 Å². The zero-order valence-corrected chi connectivity index (χ0v) is 17.8. The summed E-state index contributed by atoms with van der Waals surface area (Å²) in [5.41, 5.74) is 1.21. The van der Waals surface area contributed by atoms with Crippen molar-refractivity contribution in [3.8, 4) is 5.75 Å². The summed E-state index contributed by atoms with van der Waals surface area (Å²) in [5.74, 6) is 1.98. The lowest BCUT2D eigenvalue weighted by molar-refractivity contribution is -0.0543. The van der Waals surface area contributed by atoms with E-state index in [1.165, 1.54) is 11.8 Å². The summed E-state index contributed by atoms with van der Waals surface area (Å²) in [5, 5.41) is 0. The van der Waals surface area contributed by atoms with Crippen molar-refractivity contribution < 1.29 is 17.9 Å². The molecule has 2 bridgehead atoms. The van der Waals surface area contributed by atoms with E-state index in [0.717, 1.165) is 50.7 Å². The van der Waals surface area contributed by atoms with Gasteiger partial charge in [0, 0.05) is 17.5 Å². The summed E-state index contributed by atoms with van der Waals surface area (Å²) in [6.45, 7) is 1.22. The van der Waals surface area contributed by atoms with Crippen molar-refractivity contribution in [1.29, 1.82) is 0 Å². The molecule has 0 radical (unpaired) electrons. The first-order valence-corrected chi connectivity index (χ1v) is 12.6. The van der Waals surface area contributed by atoms with Gasteiger partial charge < -0.3 is 9.47 Å². The maximum absolute atomic E-state index is 11.9. The van der Waals surface area contributed by atoms with Crippen LogP contribution in [0.3, 0.4) is 0 Å². The van der Waals surface area contributed by atoms with Gasteiger partial charge in [-0.2, -0.15) is 0 Å². The SMILES string of the molecule is B[C@]12CC[C@H](CC1)c1ccccc1OCC1CCC[C@H](NS(C)(=O)=O)[C@@H]1CO2. The van der Waals surface area contributed by atoms with E-state index in [0.29, 0.717) is 25.0 Å². The van der Waals surface area contributed by atoms with Gasteiger partial charge in [0.2, 0.25) is 10.0 Å². The fourth-order valence-corrected chi connectivity index (χ4v) is 6.21. The number of ether oxygens (including phenoxy) is 2. The van der Waals surface area contributed by atoms with Crippen molar-refractivity contribution in [2.45, 2.75) is 62.4 Å². The third-order valence-corrected chi connectivity index (χ3v) is 7.79. The van der Waals surface area contributed by atoms with Crippen LogP contribution in [0.15, 0.2) is 24.3 Å². The highest BCUT2D eigenvalue weighted by molar-refractivity contribution is 7.88. The van der Waals surface area contributed by atoms with E-state index in [2.05, 4.69) is 30.8 Å². The van der Waals surface area contributed by atoms with E-state index >= 15 is 0 Å². The zero-order chi connectivity index (χ0) is 19.8. The van der Waals surface area contributed by atoms with E-state index < -0.39 is 10.0 Å². The molecule has 2 heterocycles. The van der Waals surface area contributed by atoms with Crippen LogP contribution in [0.2, 0.25) is 0 Å². The average Bonchev–Trinajstić information content (AvgIpc) is 2.64. The van der Waals surface area contributed by atoms with Crippen LogP contribution in [0.5, 0.6) is 5.75 Å². The van der Waals surface area contributed by atoms with Crippen molar-refractivity contribution in [2.24, 2.45) is 11.8 Å².